The second-order valence-corrected chi connectivity index (χ2v) is 4.23. The first-order valence-electron chi connectivity index (χ1n) is 5.12. The van der Waals surface area contributed by atoms with Gasteiger partial charge in [-0.05, 0) is 23.1 Å². The highest BCUT2D eigenvalue weighted by Gasteiger charge is 2.03. The first-order chi connectivity index (χ1) is 7.66. The monoisotopic (exact) mass is 233 g/mol. The van der Waals surface area contributed by atoms with E-state index in [4.69, 9.17) is 11.6 Å². The van der Waals surface area contributed by atoms with Crippen molar-refractivity contribution in [3.63, 3.8) is 0 Å². The molecule has 2 aromatic rings. The minimum absolute atomic E-state index is 0.172. The van der Waals surface area contributed by atoms with E-state index in [2.05, 4.69) is 41.2 Å². The smallest absolute Gasteiger partial charge is 0.215 e. The van der Waals surface area contributed by atoms with E-state index >= 15 is 0 Å². The lowest BCUT2D eigenvalue weighted by molar-refractivity contribution is 0.867. The third-order valence-corrected chi connectivity index (χ3v) is 2.57. The van der Waals surface area contributed by atoms with Crippen LogP contribution in [0.25, 0.3) is 11.3 Å². The summed E-state index contributed by atoms with van der Waals surface area (Å²) in [5, 5.41) is 7.56. The maximum atomic E-state index is 5.69. The van der Waals surface area contributed by atoms with Gasteiger partial charge >= 0.3 is 0 Å². The van der Waals surface area contributed by atoms with Crippen LogP contribution in [0.3, 0.4) is 0 Å². The van der Waals surface area contributed by atoms with Crippen LogP contribution >= 0.6 is 11.6 Å². The normalized spacial score (nSPS) is 10.8. The van der Waals surface area contributed by atoms with Crippen LogP contribution in [0.15, 0.2) is 30.5 Å². The van der Waals surface area contributed by atoms with Gasteiger partial charge in [0.2, 0.25) is 5.28 Å². The van der Waals surface area contributed by atoms with Crippen LogP contribution in [0.2, 0.25) is 5.28 Å². The van der Waals surface area contributed by atoms with E-state index in [9.17, 15) is 0 Å². The molecule has 1 aromatic carbocycles. The van der Waals surface area contributed by atoms with Gasteiger partial charge in [-0.3, -0.25) is 0 Å². The minimum Gasteiger partial charge on any atom is -0.215 e. The van der Waals surface area contributed by atoms with Crippen LogP contribution in [-0.2, 0) is 0 Å². The molecule has 4 heteroatoms. The molecule has 0 fully saturated rings. The lowest BCUT2D eigenvalue weighted by atomic mass is 10.0. The molecule has 1 heterocycles. The van der Waals surface area contributed by atoms with E-state index < -0.39 is 0 Å². The summed E-state index contributed by atoms with van der Waals surface area (Å²) in [6.45, 7) is 4.33. The van der Waals surface area contributed by atoms with Gasteiger partial charge in [0.15, 0.2) is 0 Å². The van der Waals surface area contributed by atoms with E-state index in [1.54, 1.807) is 6.20 Å². The quantitative estimate of drug-likeness (QED) is 0.799. The standard InChI is InChI=1S/C12H12ClN3/c1-8(2)9-3-5-10(6-4-9)11-7-14-16-12(13)15-11/h3-8H,1-2H3. The third-order valence-electron chi connectivity index (χ3n) is 2.41. The summed E-state index contributed by atoms with van der Waals surface area (Å²) in [4.78, 5) is 4.11. The Bertz CT molecular complexity index is 480. The van der Waals surface area contributed by atoms with Gasteiger partial charge in [0.25, 0.3) is 0 Å². The van der Waals surface area contributed by atoms with Crippen molar-refractivity contribution < 1.29 is 0 Å². The number of benzene rings is 1. The highest BCUT2D eigenvalue weighted by molar-refractivity contribution is 6.28. The topological polar surface area (TPSA) is 38.7 Å². The molecule has 0 amide bonds. The number of nitrogens with zero attached hydrogens (tertiary/aromatic N) is 3. The maximum absolute atomic E-state index is 5.69. The van der Waals surface area contributed by atoms with Crippen molar-refractivity contribution in [1.29, 1.82) is 0 Å². The number of rotatable bonds is 2. The molecule has 0 atom stereocenters. The Kier molecular flexibility index (Phi) is 3.15. The fourth-order valence-electron chi connectivity index (χ4n) is 1.46. The second-order valence-electron chi connectivity index (χ2n) is 3.89. The molecule has 0 bridgehead atoms. The van der Waals surface area contributed by atoms with Gasteiger partial charge in [0.05, 0.1) is 11.9 Å². The Labute approximate surface area is 99.5 Å². The molecule has 2 rings (SSSR count). The zero-order valence-corrected chi connectivity index (χ0v) is 9.94. The van der Waals surface area contributed by atoms with Crippen molar-refractivity contribution in [2.75, 3.05) is 0 Å². The summed E-state index contributed by atoms with van der Waals surface area (Å²) in [6, 6.07) is 8.23. The molecule has 0 unspecified atom stereocenters. The number of halogens is 1. The summed E-state index contributed by atoms with van der Waals surface area (Å²) in [7, 11) is 0. The van der Waals surface area contributed by atoms with E-state index in [1.807, 2.05) is 12.1 Å². The average molecular weight is 234 g/mol. The minimum atomic E-state index is 0.172. The van der Waals surface area contributed by atoms with Crippen LogP contribution in [-0.4, -0.2) is 15.2 Å². The Hall–Kier alpha value is -1.48. The van der Waals surface area contributed by atoms with Crippen molar-refractivity contribution in [3.05, 3.63) is 41.3 Å². The molecule has 3 nitrogen and oxygen atoms in total. The molecular weight excluding hydrogens is 222 g/mol. The molecule has 0 N–H and O–H groups in total. The molecule has 16 heavy (non-hydrogen) atoms. The lowest BCUT2D eigenvalue weighted by Crippen LogP contribution is -1.91. The first-order valence-corrected chi connectivity index (χ1v) is 5.50. The molecule has 0 aliphatic heterocycles. The average Bonchev–Trinajstić information content (AvgIpc) is 2.29. The van der Waals surface area contributed by atoms with Crippen LogP contribution < -0.4 is 0 Å². The molecular formula is C12H12ClN3. The predicted octanol–water partition coefficient (Wildman–Crippen LogP) is 3.32. The van der Waals surface area contributed by atoms with Gasteiger partial charge < -0.3 is 0 Å². The van der Waals surface area contributed by atoms with Crippen LogP contribution in [0.4, 0.5) is 0 Å². The molecule has 0 saturated carbocycles. The zero-order valence-electron chi connectivity index (χ0n) is 9.18. The molecule has 0 spiro atoms. The van der Waals surface area contributed by atoms with Gasteiger partial charge in [0.1, 0.15) is 0 Å². The Morgan fingerprint density at radius 2 is 1.81 bits per heavy atom. The number of hydrogen-bond donors (Lipinski definition) is 0. The summed E-state index contributed by atoms with van der Waals surface area (Å²) in [6.07, 6.45) is 1.61. The summed E-state index contributed by atoms with van der Waals surface area (Å²) in [5.74, 6) is 0.529. The van der Waals surface area contributed by atoms with Crippen molar-refractivity contribution in [3.8, 4) is 11.3 Å². The largest absolute Gasteiger partial charge is 0.243 e. The molecule has 0 radical (unpaired) electrons. The summed E-state index contributed by atoms with van der Waals surface area (Å²) < 4.78 is 0. The van der Waals surface area contributed by atoms with Crippen LogP contribution in [0, 0.1) is 0 Å². The van der Waals surface area contributed by atoms with Gasteiger partial charge in [-0.15, -0.1) is 5.10 Å². The van der Waals surface area contributed by atoms with Crippen molar-refractivity contribution in [2.24, 2.45) is 0 Å². The third kappa shape index (κ3) is 2.36. The van der Waals surface area contributed by atoms with Gasteiger partial charge in [-0.25, -0.2) is 4.98 Å². The summed E-state index contributed by atoms with van der Waals surface area (Å²) in [5.41, 5.74) is 3.05. The molecule has 0 saturated heterocycles. The van der Waals surface area contributed by atoms with E-state index in [0.29, 0.717) is 5.92 Å². The highest BCUT2D eigenvalue weighted by Crippen LogP contribution is 2.20. The van der Waals surface area contributed by atoms with Gasteiger partial charge in [0, 0.05) is 5.56 Å². The van der Waals surface area contributed by atoms with Crippen LogP contribution in [0.1, 0.15) is 25.3 Å². The lowest BCUT2D eigenvalue weighted by Gasteiger charge is -2.06. The van der Waals surface area contributed by atoms with E-state index in [0.717, 1.165) is 11.3 Å². The predicted molar refractivity (Wildman–Crippen MR) is 64.4 cm³/mol. The Balaban J connectivity index is 2.35. The van der Waals surface area contributed by atoms with Crippen molar-refractivity contribution in [1.82, 2.24) is 15.2 Å². The number of aromatic nitrogens is 3. The van der Waals surface area contributed by atoms with Crippen molar-refractivity contribution in [2.45, 2.75) is 19.8 Å². The zero-order chi connectivity index (χ0) is 11.5. The SMILES string of the molecule is CC(C)c1ccc(-c2cnnc(Cl)n2)cc1. The molecule has 82 valence electrons. The van der Waals surface area contributed by atoms with E-state index in [-0.39, 0.29) is 5.28 Å². The first kappa shape index (κ1) is 11.0. The molecule has 0 aliphatic carbocycles. The fourth-order valence-corrected chi connectivity index (χ4v) is 1.59. The molecule has 1 aromatic heterocycles. The Morgan fingerprint density at radius 3 is 2.38 bits per heavy atom. The number of hydrogen-bond acceptors (Lipinski definition) is 3. The van der Waals surface area contributed by atoms with E-state index in [1.165, 1.54) is 5.56 Å². The Morgan fingerprint density at radius 1 is 1.12 bits per heavy atom. The second kappa shape index (κ2) is 4.58. The fraction of sp³-hybridized carbons (Fsp3) is 0.250. The summed E-state index contributed by atoms with van der Waals surface area (Å²) >= 11 is 5.69. The van der Waals surface area contributed by atoms with Crippen molar-refractivity contribution >= 4 is 11.6 Å². The van der Waals surface area contributed by atoms with Gasteiger partial charge in [-0.2, -0.15) is 5.10 Å². The van der Waals surface area contributed by atoms with Crippen LogP contribution in [0.5, 0.6) is 0 Å². The maximum Gasteiger partial charge on any atom is 0.243 e. The molecule has 0 aliphatic rings. The van der Waals surface area contributed by atoms with Gasteiger partial charge in [-0.1, -0.05) is 38.1 Å². The highest BCUT2D eigenvalue weighted by atomic mass is 35.5.